The van der Waals surface area contributed by atoms with Gasteiger partial charge in [-0.2, -0.15) is 0 Å². The van der Waals surface area contributed by atoms with Crippen molar-refractivity contribution in [2.24, 2.45) is 5.41 Å². The number of hydrogen-bond donors (Lipinski definition) is 2. The Morgan fingerprint density at radius 2 is 2.08 bits per heavy atom. The lowest BCUT2D eigenvalue weighted by molar-refractivity contribution is -0.127. The van der Waals surface area contributed by atoms with Crippen molar-refractivity contribution in [1.82, 2.24) is 10.2 Å². The molecule has 1 aromatic carbocycles. The van der Waals surface area contributed by atoms with E-state index in [1.54, 1.807) is 7.11 Å². The van der Waals surface area contributed by atoms with Crippen LogP contribution in [0.4, 0.5) is 5.69 Å². The number of carbonyl (C=O) groups is 1. The van der Waals surface area contributed by atoms with E-state index in [9.17, 15) is 4.79 Å². The SMILES string of the molecule is COCC1(C(=O)Nc2ccc(CN3CCOCC3)cc2)CCNC1. The number of rotatable bonds is 6. The number of benzene rings is 1. The van der Waals surface area contributed by atoms with Gasteiger partial charge in [-0.1, -0.05) is 12.1 Å². The summed E-state index contributed by atoms with van der Waals surface area (Å²) in [7, 11) is 1.65. The van der Waals surface area contributed by atoms with Crippen LogP contribution in [0.3, 0.4) is 0 Å². The van der Waals surface area contributed by atoms with Crippen LogP contribution in [0.15, 0.2) is 24.3 Å². The number of nitrogens with one attached hydrogen (secondary N) is 2. The molecule has 0 bridgehead atoms. The van der Waals surface area contributed by atoms with E-state index in [1.165, 1.54) is 5.56 Å². The van der Waals surface area contributed by atoms with Gasteiger partial charge in [0.15, 0.2) is 0 Å². The molecule has 1 unspecified atom stereocenters. The second-order valence-electron chi connectivity index (χ2n) is 6.68. The molecule has 1 amide bonds. The first kappa shape index (κ1) is 17.4. The maximum Gasteiger partial charge on any atom is 0.234 e. The molecule has 0 saturated carbocycles. The quantitative estimate of drug-likeness (QED) is 0.816. The lowest BCUT2D eigenvalue weighted by Gasteiger charge is -2.27. The van der Waals surface area contributed by atoms with Crippen LogP contribution in [-0.2, 0) is 20.8 Å². The molecular formula is C18H27N3O3. The minimum atomic E-state index is -0.457. The predicted molar refractivity (Wildman–Crippen MR) is 93.0 cm³/mol. The van der Waals surface area contributed by atoms with Gasteiger partial charge >= 0.3 is 0 Å². The smallest absolute Gasteiger partial charge is 0.234 e. The molecule has 0 radical (unpaired) electrons. The molecule has 0 spiro atoms. The Morgan fingerprint density at radius 1 is 1.33 bits per heavy atom. The zero-order chi connectivity index (χ0) is 16.8. The highest BCUT2D eigenvalue weighted by molar-refractivity contribution is 5.95. The first-order valence-corrected chi connectivity index (χ1v) is 8.62. The van der Waals surface area contributed by atoms with E-state index in [0.717, 1.165) is 51.5 Å². The van der Waals surface area contributed by atoms with Gasteiger partial charge in [0.2, 0.25) is 5.91 Å². The molecule has 3 rings (SSSR count). The van der Waals surface area contributed by atoms with Crippen LogP contribution >= 0.6 is 0 Å². The van der Waals surface area contributed by atoms with Gasteiger partial charge in [-0.15, -0.1) is 0 Å². The summed E-state index contributed by atoms with van der Waals surface area (Å²) in [5, 5.41) is 6.31. The van der Waals surface area contributed by atoms with E-state index in [0.29, 0.717) is 13.2 Å². The molecule has 1 aromatic rings. The summed E-state index contributed by atoms with van der Waals surface area (Å²) in [6.45, 7) is 6.47. The zero-order valence-electron chi connectivity index (χ0n) is 14.3. The van der Waals surface area contributed by atoms with Crippen molar-refractivity contribution in [2.75, 3.05) is 58.4 Å². The molecule has 2 aliphatic rings. The van der Waals surface area contributed by atoms with Crippen LogP contribution in [0.1, 0.15) is 12.0 Å². The van der Waals surface area contributed by atoms with Crippen molar-refractivity contribution in [1.29, 1.82) is 0 Å². The summed E-state index contributed by atoms with van der Waals surface area (Å²) in [5.74, 6) is 0.0373. The van der Waals surface area contributed by atoms with Gasteiger partial charge in [-0.05, 0) is 30.7 Å². The van der Waals surface area contributed by atoms with Crippen LogP contribution in [0.25, 0.3) is 0 Å². The molecule has 2 aliphatic heterocycles. The van der Waals surface area contributed by atoms with Gasteiger partial charge in [0.1, 0.15) is 0 Å². The molecule has 2 N–H and O–H groups in total. The van der Waals surface area contributed by atoms with Gasteiger partial charge in [0.25, 0.3) is 0 Å². The number of morpholine rings is 1. The number of ether oxygens (including phenoxy) is 2. The monoisotopic (exact) mass is 333 g/mol. The fraction of sp³-hybridized carbons (Fsp3) is 0.611. The van der Waals surface area contributed by atoms with E-state index in [4.69, 9.17) is 9.47 Å². The third-order valence-corrected chi connectivity index (χ3v) is 4.87. The van der Waals surface area contributed by atoms with E-state index in [1.807, 2.05) is 12.1 Å². The van der Waals surface area contributed by atoms with Crippen LogP contribution in [0.5, 0.6) is 0 Å². The maximum absolute atomic E-state index is 12.7. The van der Waals surface area contributed by atoms with Gasteiger partial charge in [-0.3, -0.25) is 9.69 Å². The van der Waals surface area contributed by atoms with Crippen molar-refractivity contribution >= 4 is 11.6 Å². The van der Waals surface area contributed by atoms with Gasteiger partial charge in [0.05, 0.1) is 25.2 Å². The second kappa shape index (κ2) is 8.07. The Bertz CT molecular complexity index is 535. The summed E-state index contributed by atoms with van der Waals surface area (Å²) in [6, 6.07) is 8.13. The number of anilines is 1. The van der Waals surface area contributed by atoms with Crippen LogP contribution in [0, 0.1) is 5.41 Å². The number of hydrogen-bond acceptors (Lipinski definition) is 5. The topological polar surface area (TPSA) is 62.8 Å². The lowest BCUT2D eigenvalue weighted by Crippen LogP contribution is -2.41. The first-order valence-electron chi connectivity index (χ1n) is 8.62. The van der Waals surface area contributed by atoms with Crippen molar-refractivity contribution < 1.29 is 14.3 Å². The van der Waals surface area contributed by atoms with E-state index in [-0.39, 0.29) is 5.91 Å². The average molecular weight is 333 g/mol. The Kier molecular flexibility index (Phi) is 5.84. The van der Waals surface area contributed by atoms with Gasteiger partial charge in [-0.25, -0.2) is 0 Å². The minimum absolute atomic E-state index is 0.0373. The molecule has 2 fully saturated rings. The van der Waals surface area contributed by atoms with E-state index >= 15 is 0 Å². The lowest BCUT2D eigenvalue weighted by atomic mass is 9.87. The first-order chi connectivity index (χ1) is 11.7. The molecule has 6 nitrogen and oxygen atoms in total. The van der Waals surface area contributed by atoms with E-state index < -0.39 is 5.41 Å². The molecular weight excluding hydrogens is 306 g/mol. The summed E-state index contributed by atoms with van der Waals surface area (Å²) in [5.41, 5.74) is 1.64. The third kappa shape index (κ3) is 4.13. The molecule has 2 saturated heterocycles. The van der Waals surface area contributed by atoms with Crippen molar-refractivity contribution in [3.05, 3.63) is 29.8 Å². The molecule has 0 aromatic heterocycles. The van der Waals surface area contributed by atoms with E-state index in [2.05, 4.69) is 27.7 Å². The second-order valence-corrected chi connectivity index (χ2v) is 6.68. The number of amides is 1. The maximum atomic E-state index is 12.7. The third-order valence-electron chi connectivity index (χ3n) is 4.87. The minimum Gasteiger partial charge on any atom is -0.384 e. The Balaban J connectivity index is 1.58. The summed E-state index contributed by atoms with van der Waals surface area (Å²) >= 11 is 0. The van der Waals surface area contributed by atoms with Gasteiger partial charge < -0.3 is 20.1 Å². The Labute approximate surface area is 143 Å². The van der Waals surface area contributed by atoms with Crippen LogP contribution in [-0.4, -0.2) is 63.9 Å². The highest BCUT2D eigenvalue weighted by Gasteiger charge is 2.41. The fourth-order valence-corrected chi connectivity index (χ4v) is 3.38. The highest BCUT2D eigenvalue weighted by atomic mass is 16.5. The van der Waals surface area contributed by atoms with Crippen LogP contribution in [0.2, 0.25) is 0 Å². The average Bonchev–Trinajstić information content (AvgIpc) is 3.08. The van der Waals surface area contributed by atoms with Crippen LogP contribution < -0.4 is 10.6 Å². The Morgan fingerprint density at radius 3 is 2.71 bits per heavy atom. The zero-order valence-corrected chi connectivity index (χ0v) is 14.3. The van der Waals surface area contributed by atoms with Crippen molar-refractivity contribution in [3.63, 3.8) is 0 Å². The van der Waals surface area contributed by atoms with Crippen molar-refractivity contribution in [3.8, 4) is 0 Å². The summed E-state index contributed by atoms with van der Waals surface area (Å²) < 4.78 is 10.6. The molecule has 24 heavy (non-hydrogen) atoms. The summed E-state index contributed by atoms with van der Waals surface area (Å²) in [4.78, 5) is 15.1. The normalized spacial score (nSPS) is 24.9. The fourth-order valence-electron chi connectivity index (χ4n) is 3.38. The number of carbonyl (C=O) groups excluding carboxylic acids is 1. The molecule has 2 heterocycles. The Hall–Kier alpha value is -1.47. The molecule has 0 aliphatic carbocycles. The summed E-state index contributed by atoms with van der Waals surface area (Å²) in [6.07, 6.45) is 0.807. The number of methoxy groups -OCH3 is 1. The number of nitrogens with zero attached hydrogens (tertiary/aromatic N) is 1. The molecule has 6 heteroatoms. The molecule has 1 atom stereocenters. The van der Waals surface area contributed by atoms with Gasteiger partial charge in [0, 0.05) is 39.0 Å². The van der Waals surface area contributed by atoms with Crippen molar-refractivity contribution in [2.45, 2.75) is 13.0 Å². The molecule has 132 valence electrons. The standard InChI is InChI=1S/C18H27N3O3/c1-23-14-18(6-7-19-13-18)17(22)20-16-4-2-15(3-5-16)12-21-8-10-24-11-9-21/h2-5,19H,6-14H2,1H3,(H,20,22). The largest absolute Gasteiger partial charge is 0.384 e. The highest BCUT2D eigenvalue weighted by Crippen LogP contribution is 2.28. The predicted octanol–water partition coefficient (Wildman–Crippen LogP) is 1.08.